The van der Waals surface area contributed by atoms with Crippen molar-refractivity contribution < 1.29 is 24.4 Å². The maximum absolute atomic E-state index is 11.8. The summed E-state index contributed by atoms with van der Waals surface area (Å²) < 4.78 is 4.77. The van der Waals surface area contributed by atoms with Gasteiger partial charge in [-0.05, 0) is 30.3 Å². The van der Waals surface area contributed by atoms with Gasteiger partial charge in [0, 0.05) is 16.8 Å². The number of hydrogen-bond donors (Lipinski definition) is 2. The van der Waals surface area contributed by atoms with Gasteiger partial charge in [-0.1, -0.05) is 23.2 Å². The van der Waals surface area contributed by atoms with Gasteiger partial charge >= 0.3 is 5.97 Å². The number of esters is 1. The Kier molecular flexibility index (Phi) is 5.79. The quantitative estimate of drug-likeness (QED) is 0.463. The van der Waals surface area contributed by atoms with E-state index in [1.165, 1.54) is 30.3 Å². The smallest absolute Gasteiger partial charge is 0.342 e. The van der Waals surface area contributed by atoms with Crippen molar-refractivity contribution in [2.24, 2.45) is 0 Å². The Morgan fingerprint density at radius 3 is 2.60 bits per heavy atom. The number of benzene rings is 2. The normalized spacial score (nSPS) is 10.2. The fraction of sp³-hybridized carbons (Fsp3) is 0.0667. The number of nitrogens with zero attached hydrogens (tertiary/aromatic N) is 1. The molecule has 0 saturated carbocycles. The lowest BCUT2D eigenvalue weighted by molar-refractivity contribution is -0.384. The van der Waals surface area contributed by atoms with Crippen LogP contribution in [0, 0.1) is 10.1 Å². The molecule has 2 rings (SSSR count). The monoisotopic (exact) mass is 384 g/mol. The molecular formula is C15H10Cl2N2O6. The first kappa shape index (κ1) is 18.5. The first-order valence-corrected chi connectivity index (χ1v) is 7.43. The van der Waals surface area contributed by atoms with Gasteiger partial charge in [0.05, 0.1) is 4.92 Å². The number of nitrogens with one attached hydrogen (secondary N) is 1. The lowest BCUT2D eigenvalue weighted by Gasteiger charge is -2.08. The minimum Gasteiger partial charge on any atom is -0.507 e. The Bertz CT molecular complexity index is 856. The molecule has 0 saturated heterocycles. The molecule has 10 heteroatoms. The van der Waals surface area contributed by atoms with E-state index in [0.717, 1.165) is 6.07 Å². The zero-order valence-electron chi connectivity index (χ0n) is 12.4. The van der Waals surface area contributed by atoms with Crippen LogP contribution in [-0.4, -0.2) is 28.5 Å². The van der Waals surface area contributed by atoms with Gasteiger partial charge in [0.25, 0.3) is 11.6 Å². The highest BCUT2D eigenvalue weighted by atomic mass is 35.5. The predicted molar refractivity (Wildman–Crippen MR) is 90.1 cm³/mol. The second kappa shape index (κ2) is 7.82. The van der Waals surface area contributed by atoms with Crippen LogP contribution in [0.2, 0.25) is 10.0 Å². The molecule has 0 bridgehead atoms. The van der Waals surface area contributed by atoms with Gasteiger partial charge < -0.3 is 15.2 Å². The van der Waals surface area contributed by atoms with Gasteiger partial charge in [-0.15, -0.1) is 0 Å². The highest BCUT2D eigenvalue weighted by Gasteiger charge is 2.17. The van der Waals surface area contributed by atoms with Gasteiger partial charge in [0.15, 0.2) is 6.61 Å². The van der Waals surface area contributed by atoms with Crippen molar-refractivity contribution in [2.75, 3.05) is 11.9 Å². The van der Waals surface area contributed by atoms with E-state index in [4.69, 9.17) is 27.9 Å². The second-order valence-electron chi connectivity index (χ2n) is 4.71. The summed E-state index contributed by atoms with van der Waals surface area (Å²) >= 11 is 11.4. The van der Waals surface area contributed by atoms with Crippen molar-refractivity contribution in [3.05, 3.63) is 62.1 Å². The predicted octanol–water partition coefficient (Wildman–Crippen LogP) is 3.40. The summed E-state index contributed by atoms with van der Waals surface area (Å²) in [6.07, 6.45) is 0. The summed E-state index contributed by atoms with van der Waals surface area (Å²) in [6, 6.07) is 7.48. The number of carbonyl (C=O) groups is 2. The number of carbonyl (C=O) groups excluding carboxylic acids is 2. The Hall–Kier alpha value is -2.84. The maximum Gasteiger partial charge on any atom is 0.342 e. The number of phenolic OH excluding ortho intramolecular Hbond substituents is 1. The third kappa shape index (κ3) is 4.82. The van der Waals surface area contributed by atoms with Crippen LogP contribution < -0.4 is 5.32 Å². The van der Waals surface area contributed by atoms with Crippen molar-refractivity contribution in [2.45, 2.75) is 0 Å². The van der Waals surface area contributed by atoms with Crippen molar-refractivity contribution in [1.82, 2.24) is 0 Å². The molecule has 0 radical (unpaired) electrons. The Balaban J connectivity index is 1.99. The number of ether oxygens (including phenoxy) is 1. The third-order valence-corrected chi connectivity index (χ3v) is 3.49. The SMILES string of the molecule is O=C(COC(=O)c1cc(Cl)ccc1O)Nc1ccc(Cl)c([N+](=O)[O-])c1. The molecule has 0 spiro atoms. The summed E-state index contributed by atoms with van der Waals surface area (Å²) in [5.41, 5.74) is -0.453. The minimum atomic E-state index is -0.947. The van der Waals surface area contributed by atoms with Crippen LogP contribution in [0.15, 0.2) is 36.4 Å². The van der Waals surface area contributed by atoms with E-state index in [9.17, 15) is 24.8 Å². The van der Waals surface area contributed by atoms with Crippen LogP contribution in [0.3, 0.4) is 0 Å². The molecule has 0 unspecified atom stereocenters. The molecule has 0 atom stereocenters. The first-order valence-electron chi connectivity index (χ1n) is 6.67. The summed E-state index contributed by atoms with van der Waals surface area (Å²) in [6.45, 7) is -0.665. The van der Waals surface area contributed by atoms with Crippen molar-refractivity contribution in [3.8, 4) is 5.75 Å². The van der Waals surface area contributed by atoms with E-state index in [1.807, 2.05) is 0 Å². The maximum atomic E-state index is 11.8. The van der Waals surface area contributed by atoms with Crippen LogP contribution in [0.4, 0.5) is 11.4 Å². The van der Waals surface area contributed by atoms with Crippen LogP contribution in [-0.2, 0) is 9.53 Å². The number of halogens is 2. The molecule has 0 fully saturated rings. The molecule has 0 aliphatic heterocycles. The molecule has 8 nitrogen and oxygen atoms in total. The molecule has 1 amide bonds. The van der Waals surface area contributed by atoms with Crippen molar-refractivity contribution in [1.29, 1.82) is 0 Å². The Morgan fingerprint density at radius 2 is 1.92 bits per heavy atom. The van der Waals surface area contributed by atoms with Gasteiger partial charge in [-0.25, -0.2) is 4.79 Å². The number of nitro groups is 1. The van der Waals surface area contributed by atoms with E-state index in [-0.39, 0.29) is 32.7 Å². The zero-order chi connectivity index (χ0) is 18.6. The van der Waals surface area contributed by atoms with Gasteiger partial charge in [0.2, 0.25) is 0 Å². The number of aromatic hydroxyl groups is 1. The van der Waals surface area contributed by atoms with E-state index in [2.05, 4.69) is 5.32 Å². The fourth-order valence-corrected chi connectivity index (χ4v) is 2.17. The second-order valence-corrected chi connectivity index (χ2v) is 5.55. The average Bonchev–Trinajstić information content (AvgIpc) is 2.56. The molecule has 0 aliphatic rings. The molecular weight excluding hydrogens is 375 g/mol. The third-order valence-electron chi connectivity index (χ3n) is 2.94. The zero-order valence-corrected chi connectivity index (χ0v) is 13.9. The van der Waals surface area contributed by atoms with Gasteiger partial charge in [-0.2, -0.15) is 0 Å². The highest BCUT2D eigenvalue weighted by Crippen LogP contribution is 2.27. The summed E-state index contributed by atoms with van der Waals surface area (Å²) in [5, 5.41) is 22.8. The summed E-state index contributed by atoms with van der Waals surface area (Å²) in [7, 11) is 0. The number of amides is 1. The largest absolute Gasteiger partial charge is 0.507 e. The molecule has 25 heavy (non-hydrogen) atoms. The van der Waals surface area contributed by atoms with Crippen molar-refractivity contribution >= 4 is 46.5 Å². The molecule has 130 valence electrons. The number of anilines is 1. The molecule has 2 aromatic carbocycles. The fourth-order valence-electron chi connectivity index (χ4n) is 1.81. The van der Waals surface area contributed by atoms with E-state index in [0.29, 0.717) is 0 Å². The van der Waals surface area contributed by atoms with Crippen LogP contribution in [0.1, 0.15) is 10.4 Å². The minimum absolute atomic E-state index is 0.0779. The highest BCUT2D eigenvalue weighted by molar-refractivity contribution is 6.32. The molecule has 0 heterocycles. The van der Waals surface area contributed by atoms with Crippen molar-refractivity contribution in [3.63, 3.8) is 0 Å². The van der Waals surface area contributed by atoms with Crippen LogP contribution in [0.25, 0.3) is 0 Å². The van der Waals surface area contributed by atoms with Gasteiger partial charge in [-0.3, -0.25) is 14.9 Å². The molecule has 0 aromatic heterocycles. The van der Waals surface area contributed by atoms with Crippen LogP contribution >= 0.6 is 23.2 Å². The lowest BCUT2D eigenvalue weighted by atomic mass is 10.2. The molecule has 2 N–H and O–H groups in total. The first-order chi connectivity index (χ1) is 11.8. The van der Waals surface area contributed by atoms with E-state index in [1.54, 1.807) is 0 Å². The number of hydrogen-bond acceptors (Lipinski definition) is 6. The molecule has 0 aliphatic carbocycles. The summed E-state index contributed by atoms with van der Waals surface area (Å²) in [4.78, 5) is 33.7. The Labute approximate surface area is 151 Å². The standard InChI is InChI=1S/C15H10Cl2N2O6/c16-8-1-4-13(20)10(5-8)15(22)25-7-14(21)18-9-2-3-11(17)12(6-9)19(23)24/h1-6,20H,7H2,(H,18,21). The topological polar surface area (TPSA) is 119 Å². The number of nitro benzene ring substituents is 1. The van der Waals surface area contributed by atoms with Crippen LogP contribution in [0.5, 0.6) is 5.75 Å². The summed E-state index contributed by atoms with van der Waals surface area (Å²) in [5.74, 6) is -2.02. The van der Waals surface area contributed by atoms with E-state index >= 15 is 0 Å². The number of rotatable bonds is 5. The average molecular weight is 385 g/mol. The lowest BCUT2D eigenvalue weighted by Crippen LogP contribution is -2.21. The number of phenols is 1. The Morgan fingerprint density at radius 1 is 1.20 bits per heavy atom. The van der Waals surface area contributed by atoms with Gasteiger partial charge in [0.1, 0.15) is 16.3 Å². The van der Waals surface area contributed by atoms with E-state index < -0.39 is 23.4 Å². The molecule has 2 aromatic rings.